The van der Waals surface area contributed by atoms with Crippen LogP contribution in [-0.4, -0.2) is 13.4 Å². The van der Waals surface area contributed by atoms with Crippen LogP contribution in [0.3, 0.4) is 0 Å². The summed E-state index contributed by atoms with van der Waals surface area (Å²) in [6, 6.07) is 1.37. The quantitative estimate of drug-likeness (QED) is 0.688. The monoisotopic (exact) mass is 227 g/mol. The summed E-state index contributed by atoms with van der Waals surface area (Å²) in [6.07, 6.45) is 2.84. The van der Waals surface area contributed by atoms with E-state index in [1.807, 2.05) is 0 Å². The lowest BCUT2D eigenvalue weighted by atomic mass is 10.3. The van der Waals surface area contributed by atoms with Gasteiger partial charge in [0.25, 0.3) is 9.05 Å². The van der Waals surface area contributed by atoms with E-state index in [2.05, 4.69) is 4.98 Å². The normalized spacial score (nSPS) is 10.5. The molecule has 0 unspecified atom stereocenters. The average Bonchev–Trinajstić information content (AvgIpc) is 1.86. The summed E-state index contributed by atoms with van der Waals surface area (Å²) in [6.45, 7) is 1.64. The van der Waals surface area contributed by atoms with Crippen molar-refractivity contribution in [1.82, 2.24) is 4.98 Å². The third kappa shape index (κ3) is 2.62. The summed E-state index contributed by atoms with van der Waals surface area (Å²) in [5.74, 6) is 0. The van der Waals surface area contributed by atoms with Crippen molar-refractivity contribution in [3.8, 4) is 0 Å². The lowest BCUT2D eigenvalue weighted by molar-refractivity contribution is 0.609. The predicted molar refractivity (Wildman–Crippen MR) is 49.3 cm³/mol. The Morgan fingerprint density at radius 3 is 2.42 bits per heavy atom. The van der Waals surface area contributed by atoms with Gasteiger partial charge in [-0.3, -0.25) is 4.98 Å². The van der Waals surface area contributed by atoms with Gasteiger partial charge in [0.1, 0.15) is 0 Å². The van der Waals surface area contributed by atoms with Gasteiger partial charge >= 0.3 is 0 Å². The highest BCUT2D eigenvalue weighted by Gasteiger charge is 2.11. The molecule has 0 aliphatic rings. The molecule has 0 radical (unpaired) electrons. The number of rotatable bonds is 1. The van der Waals surface area contributed by atoms with E-state index in [4.69, 9.17) is 10.7 Å². The Morgan fingerprint density at radius 1 is 1.50 bits per heavy atom. The maximum atomic E-state index is 10.8. The largest absolute Gasteiger partial charge is 0.264 e. The fourth-order valence-electron chi connectivity index (χ4n) is 0.734. The minimum atomic E-state index is -3.60. The van der Waals surface area contributed by atoms with Crippen LogP contribution in [-0.2, 0) is 9.05 Å². The van der Waals surface area contributed by atoms with E-state index in [9.17, 15) is 8.42 Å². The van der Waals surface area contributed by atoms with Crippen molar-refractivity contribution < 1.29 is 8.42 Å². The summed E-state index contributed by atoms with van der Waals surface area (Å²) >= 11 is 0. The molecule has 3 nitrogen and oxygen atoms in total. The molecule has 1 rings (SSSR count). The second-order valence-corrected chi connectivity index (χ2v) is 4.61. The molecule has 0 aromatic carbocycles. The first-order chi connectivity index (χ1) is 5.02. The van der Waals surface area contributed by atoms with Crippen LogP contribution < -0.4 is 0 Å². The van der Waals surface area contributed by atoms with Crippen molar-refractivity contribution in [1.29, 1.82) is 0 Å². The Balaban J connectivity index is 0.00000121. The number of halogens is 2. The summed E-state index contributed by atoms with van der Waals surface area (Å²) in [4.78, 5) is 3.85. The molecule has 0 saturated carbocycles. The minimum Gasteiger partial charge on any atom is -0.264 e. The van der Waals surface area contributed by atoms with E-state index in [0.29, 0.717) is 5.56 Å². The van der Waals surface area contributed by atoms with Gasteiger partial charge in [-0.1, -0.05) is 0 Å². The third-order valence-corrected chi connectivity index (χ3v) is 2.71. The molecule has 0 N–H and O–H groups in total. The van der Waals surface area contributed by atoms with Gasteiger partial charge in [-0.05, 0) is 18.6 Å². The van der Waals surface area contributed by atoms with Crippen LogP contribution in [0.4, 0.5) is 0 Å². The van der Waals surface area contributed by atoms with Crippen LogP contribution in [0.25, 0.3) is 0 Å². The van der Waals surface area contributed by atoms with Crippen molar-refractivity contribution >= 4 is 32.1 Å². The second-order valence-electron chi connectivity index (χ2n) is 2.08. The first kappa shape index (κ1) is 11.7. The summed E-state index contributed by atoms with van der Waals surface area (Å²) < 4.78 is 21.6. The second kappa shape index (κ2) is 4.07. The number of hydrogen-bond acceptors (Lipinski definition) is 3. The molecule has 68 valence electrons. The van der Waals surface area contributed by atoms with Gasteiger partial charge in [0, 0.05) is 23.1 Å². The van der Waals surface area contributed by atoms with Crippen LogP contribution in [0.15, 0.2) is 23.4 Å². The maximum Gasteiger partial charge on any atom is 0.261 e. The van der Waals surface area contributed by atoms with Crippen LogP contribution >= 0.6 is 23.1 Å². The SMILES string of the molecule is Cc1cnccc1S(=O)(=O)Cl.Cl. The minimum absolute atomic E-state index is 0. The zero-order chi connectivity index (χ0) is 8.48. The molecule has 0 fully saturated rings. The zero-order valence-electron chi connectivity index (χ0n) is 6.19. The van der Waals surface area contributed by atoms with E-state index in [-0.39, 0.29) is 17.3 Å². The lowest BCUT2D eigenvalue weighted by Gasteiger charge is -1.97. The number of aryl methyl sites for hydroxylation is 1. The molecule has 0 saturated heterocycles. The van der Waals surface area contributed by atoms with Gasteiger partial charge in [0.05, 0.1) is 4.90 Å². The van der Waals surface area contributed by atoms with E-state index in [0.717, 1.165) is 0 Å². The van der Waals surface area contributed by atoms with E-state index in [1.165, 1.54) is 18.5 Å². The van der Waals surface area contributed by atoms with E-state index >= 15 is 0 Å². The highest BCUT2D eigenvalue weighted by atomic mass is 35.7. The topological polar surface area (TPSA) is 47.0 Å². The Morgan fingerprint density at radius 2 is 2.08 bits per heavy atom. The first-order valence-corrected chi connectivity index (χ1v) is 5.18. The molecule has 0 amide bonds. The van der Waals surface area contributed by atoms with Gasteiger partial charge in [-0.25, -0.2) is 8.42 Å². The van der Waals surface area contributed by atoms with E-state index in [1.54, 1.807) is 6.92 Å². The molecular weight excluding hydrogens is 221 g/mol. The summed E-state index contributed by atoms with van der Waals surface area (Å²) in [7, 11) is 1.51. The van der Waals surface area contributed by atoms with Crippen molar-refractivity contribution in [2.75, 3.05) is 0 Å². The Hall–Kier alpha value is -0.320. The van der Waals surface area contributed by atoms with Gasteiger partial charge in [-0.15, -0.1) is 12.4 Å². The van der Waals surface area contributed by atoms with Gasteiger partial charge in [0.15, 0.2) is 0 Å². The fraction of sp³-hybridized carbons (Fsp3) is 0.167. The average molecular weight is 228 g/mol. The number of aromatic nitrogens is 1. The van der Waals surface area contributed by atoms with Gasteiger partial charge < -0.3 is 0 Å². The molecule has 6 heteroatoms. The molecule has 1 aromatic heterocycles. The number of nitrogens with zero attached hydrogens (tertiary/aromatic N) is 1. The van der Waals surface area contributed by atoms with Gasteiger partial charge in [0.2, 0.25) is 0 Å². The molecule has 1 heterocycles. The number of hydrogen-bond donors (Lipinski definition) is 0. The lowest BCUT2D eigenvalue weighted by Crippen LogP contribution is -1.94. The smallest absolute Gasteiger partial charge is 0.261 e. The molecule has 0 atom stereocenters. The van der Waals surface area contributed by atoms with Crippen LogP contribution in [0, 0.1) is 6.92 Å². The standard InChI is InChI=1S/C6H6ClNO2S.ClH/c1-5-4-8-3-2-6(5)11(7,9)10;/h2-4H,1H3;1H. The highest BCUT2D eigenvalue weighted by molar-refractivity contribution is 8.13. The molecular formula is C6H7Cl2NO2S. The van der Waals surface area contributed by atoms with Crippen LogP contribution in [0.2, 0.25) is 0 Å². The molecule has 0 spiro atoms. The number of pyridine rings is 1. The zero-order valence-corrected chi connectivity index (χ0v) is 8.58. The first-order valence-electron chi connectivity index (χ1n) is 2.87. The maximum absolute atomic E-state index is 10.8. The molecule has 0 aliphatic carbocycles. The van der Waals surface area contributed by atoms with Gasteiger partial charge in [-0.2, -0.15) is 0 Å². The molecule has 0 bridgehead atoms. The van der Waals surface area contributed by atoms with E-state index < -0.39 is 9.05 Å². The molecule has 0 aliphatic heterocycles. The van der Waals surface area contributed by atoms with Crippen LogP contribution in [0.5, 0.6) is 0 Å². The van der Waals surface area contributed by atoms with Crippen molar-refractivity contribution in [3.05, 3.63) is 24.0 Å². The predicted octanol–water partition coefficient (Wildman–Crippen LogP) is 1.74. The molecule has 12 heavy (non-hydrogen) atoms. The van der Waals surface area contributed by atoms with Crippen LogP contribution in [0.1, 0.15) is 5.56 Å². The molecule has 1 aromatic rings. The van der Waals surface area contributed by atoms with Crippen molar-refractivity contribution in [2.45, 2.75) is 11.8 Å². The highest BCUT2D eigenvalue weighted by Crippen LogP contribution is 2.16. The summed E-state index contributed by atoms with van der Waals surface area (Å²) in [5.41, 5.74) is 0.558. The Bertz CT molecular complexity index is 364. The summed E-state index contributed by atoms with van der Waals surface area (Å²) in [5, 5.41) is 0. The van der Waals surface area contributed by atoms with Crippen molar-refractivity contribution in [2.24, 2.45) is 0 Å². The van der Waals surface area contributed by atoms with Crippen molar-refractivity contribution in [3.63, 3.8) is 0 Å². The fourth-order valence-corrected chi connectivity index (χ4v) is 1.91. The Labute approximate surface area is 81.6 Å². The Kier molecular flexibility index (Phi) is 3.96. The third-order valence-electron chi connectivity index (χ3n) is 1.23.